The highest BCUT2D eigenvalue weighted by molar-refractivity contribution is 5.20. The van der Waals surface area contributed by atoms with E-state index in [-0.39, 0.29) is 5.60 Å². The van der Waals surface area contributed by atoms with Gasteiger partial charge in [0, 0.05) is 0 Å². The van der Waals surface area contributed by atoms with Crippen LogP contribution in [0.15, 0.2) is 10.5 Å². The van der Waals surface area contributed by atoms with Crippen LogP contribution in [-0.2, 0) is 6.42 Å². The molecule has 1 N–H and O–H groups in total. The lowest BCUT2D eigenvalue weighted by atomic mass is 10.1. The summed E-state index contributed by atoms with van der Waals surface area (Å²) >= 11 is 0. The van der Waals surface area contributed by atoms with Crippen molar-refractivity contribution in [2.24, 2.45) is 0 Å². The maximum absolute atomic E-state index is 9.66. The molecular weight excluding hydrogens is 164 g/mol. The molecular formula is C11H16O2. The average molecular weight is 180 g/mol. The molecule has 0 bridgehead atoms. The lowest BCUT2D eigenvalue weighted by molar-refractivity contribution is 0.140. The number of hydrogen-bond acceptors (Lipinski definition) is 2. The summed E-state index contributed by atoms with van der Waals surface area (Å²) in [5.74, 6) is 1.97. The minimum atomic E-state index is -0.336. The van der Waals surface area contributed by atoms with Crippen molar-refractivity contribution in [1.29, 1.82) is 0 Å². The third kappa shape index (κ3) is 1.94. The molecule has 13 heavy (non-hydrogen) atoms. The summed E-state index contributed by atoms with van der Waals surface area (Å²) in [6.45, 7) is 3.95. The highest BCUT2D eigenvalue weighted by Gasteiger charge is 2.39. The van der Waals surface area contributed by atoms with E-state index in [1.165, 1.54) is 5.56 Å². The van der Waals surface area contributed by atoms with Gasteiger partial charge < -0.3 is 9.52 Å². The Balaban J connectivity index is 1.97. The Hall–Kier alpha value is -0.760. The molecule has 0 unspecified atom stereocenters. The Morgan fingerprint density at radius 2 is 2.15 bits per heavy atom. The maximum Gasteiger partial charge on any atom is 0.104 e. The van der Waals surface area contributed by atoms with Crippen LogP contribution in [-0.4, -0.2) is 10.7 Å². The van der Waals surface area contributed by atoms with Gasteiger partial charge >= 0.3 is 0 Å². The Bertz CT molecular complexity index is 308. The molecule has 1 aliphatic rings. The first-order valence-corrected chi connectivity index (χ1v) is 4.87. The van der Waals surface area contributed by atoms with E-state index in [0.29, 0.717) is 0 Å². The molecule has 1 aromatic rings. The molecule has 0 aliphatic heterocycles. The van der Waals surface area contributed by atoms with Crippen LogP contribution in [0.4, 0.5) is 0 Å². The van der Waals surface area contributed by atoms with E-state index < -0.39 is 0 Å². The van der Waals surface area contributed by atoms with E-state index >= 15 is 0 Å². The summed E-state index contributed by atoms with van der Waals surface area (Å²) in [6, 6.07) is 2.07. The molecule has 2 heteroatoms. The molecule has 1 aromatic heterocycles. The van der Waals surface area contributed by atoms with Gasteiger partial charge in [-0.05, 0) is 51.2 Å². The minimum Gasteiger partial charge on any atom is -0.466 e. The second kappa shape index (κ2) is 2.88. The largest absolute Gasteiger partial charge is 0.466 e. The number of rotatable bonds is 3. The monoisotopic (exact) mass is 180 g/mol. The molecule has 1 aliphatic carbocycles. The first-order valence-electron chi connectivity index (χ1n) is 4.87. The van der Waals surface area contributed by atoms with Crippen molar-refractivity contribution in [3.63, 3.8) is 0 Å². The van der Waals surface area contributed by atoms with Gasteiger partial charge in [0.25, 0.3) is 0 Å². The summed E-state index contributed by atoms with van der Waals surface area (Å²) in [5, 5.41) is 9.66. The number of furan rings is 1. The molecule has 2 rings (SSSR count). The fraction of sp³-hybridized carbons (Fsp3) is 0.636. The van der Waals surface area contributed by atoms with Gasteiger partial charge in [0.05, 0.1) is 5.60 Å². The predicted molar refractivity (Wildman–Crippen MR) is 50.7 cm³/mol. The molecule has 0 atom stereocenters. The number of aryl methyl sites for hydroxylation is 3. The molecule has 0 saturated heterocycles. The third-order valence-electron chi connectivity index (χ3n) is 2.83. The quantitative estimate of drug-likeness (QED) is 0.774. The zero-order chi connectivity index (χ0) is 9.47. The van der Waals surface area contributed by atoms with Crippen molar-refractivity contribution in [2.45, 2.75) is 45.1 Å². The van der Waals surface area contributed by atoms with Crippen molar-refractivity contribution >= 4 is 0 Å². The summed E-state index contributed by atoms with van der Waals surface area (Å²) in [5.41, 5.74) is 0.912. The van der Waals surface area contributed by atoms with Crippen LogP contribution in [0, 0.1) is 13.8 Å². The molecule has 1 saturated carbocycles. The SMILES string of the molecule is Cc1cc(CCC2(O)CC2)c(C)o1. The lowest BCUT2D eigenvalue weighted by Gasteiger charge is -2.05. The van der Waals surface area contributed by atoms with Crippen LogP contribution in [0.5, 0.6) is 0 Å². The number of hydrogen-bond donors (Lipinski definition) is 1. The fourth-order valence-corrected chi connectivity index (χ4v) is 1.69. The van der Waals surface area contributed by atoms with E-state index in [9.17, 15) is 5.11 Å². The topological polar surface area (TPSA) is 33.4 Å². The van der Waals surface area contributed by atoms with Gasteiger partial charge in [0.15, 0.2) is 0 Å². The Kier molecular flexibility index (Phi) is 1.95. The molecule has 2 nitrogen and oxygen atoms in total. The van der Waals surface area contributed by atoms with Gasteiger partial charge in [-0.15, -0.1) is 0 Å². The molecule has 0 amide bonds. The van der Waals surface area contributed by atoms with Crippen molar-refractivity contribution in [3.05, 3.63) is 23.2 Å². The van der Waals surface area contributed by atoms with Gasteiger partial charge in [-0.1, -0.05) is 0 Å². The fourth-order valence-electron chi connectivity index (χ4n) is 1.69. The minimum absolute atomic E-state index is 0.336. The van der Waals surface area contributed by atoms with E-state index in [1.807, 2.05) is 13.8 Å². The maximum atomic E-state index is 9.66. The molecule has 0 spiro atoms. The first-order chi connectivity index (χ1) is 6.09. The van der Waals surface area contributed by atoms with Crippen LogP contribution in [0.25, 0.3) is 0 Å². The number of aliphatic hydroxyl groups is 1. The highest BCUT2D eigenvalue weighted by Crippen LogP contribution is 2.39. The summed E-state index contributed by atoms with van der Waals surface area (Å²) < 4.78 is 5.42. The van der Waals surface area contributed by atoms with E-state index in [1.54, 1.807) is 0 Å². The molecule has 1 fully saturated rings. The first kappa shape index (κ1) is 8.82. The van der Waals surface area contributed by atoms with Crippen LogP contribution < -0.4 is 0 Å². The van der Waals surface area contributed by atoms with Crippen LogP contribution >= 0.6 is 0 Å². The van der Waals surface area contributed by atoms with Gasteiger partial charge in [-0.2, -0.15) is 0 Å². The standard InChI is InChI=1S/C11H16O2/c1-8-7-10(9(2)13-8)3-4-11(12)5-6-11/h7,12H,3-6H2,1-2H3. The van der Waals surface area contributed by atoms with E-state index in [4.69, 9.17) is 4.42 Å². The summed E-state index contributed by atoms with van der Waals surface area (Å²) in [4.78, 5) is 0. The van der Waals surface area contributed by atoms with E-state index in [0.717, 1.165) is 37.2 Å². The van der Waals surface area contributed by atoms with Gasteiger partial charge in [-0.25, -0.2) is 0 Å². The molecule has 1 heterocycles. The van der Waals surface area contributed by atoms with Crippen molar-refractivity contribution < 1.29 is 9.52 Å². The normalized spacial score (nSPS) is 19.0. The lowest BCUT2D eigenvalue weighted by Crippen LogP contribution is -2.07. The molecule has 0 radical (unpaired) electrons. The predicted octanol–water partition coefficient (Wildman–Crippen LogP) is 2.35. The Morgan fingerprint density at radius 1 is 1.46 bits per heavy atom. The summed E-state index contributed by atoms with van der Waals surface area (Å²) in [6.07, 6.45) is 3.78. The van der Waals surface area contributed by atoms with Gasteiger partial charge in [-0.3, -0.25) is 0 Å². The summed E-state index contributed by atoms with van der Waals surface area (Å²) in [7, 11) is 0. The van der Waals surface area contributed by atoms with E-state index in [2.05, 4.69) is 6.07 Å². The Morgan fingerprint density at radius 3 is 2.62 bits per heavy atom. The second-order valence-electron chi connectivity index (χ2n) is 4.16. The van der Waals surface area contributed by atoms with Crippen molar-refractivity contribution in [2.75, 3.05) is 0 Å². The smallest absolute Gasteiger partial charge is 0.104 e. The molecule has 72 valence electrons. The van der Waals surface area contributed by atoms with Crippen LogP contribution in [0.2, 0.25) is 0 Å². The van der Waals surface area contributed by atoms with Gasteiger partial charge in [0.1, 0.15) is 11.5 Å². The average Bonchev–Trinajstić information content (AvgIpc) is 2.69. The van der Waals surface area contributed by atoms with Crippen molar-refractivity contribution in [1.82, 2.24) is 0 Å². The zero-order valence-corrected chi connectivity index (χ0v) is 8.26. The Labute approximate surface area is 78.6 Å². The third-order valence-corrected chi connectivity index (χ3v) is 2.83. The van der Waals surface area contributed by atoms with Gasteiger partial charge in [0.2, 0.25) is 0 Å². The second-order valence-corrected chi connectivity index (χ2v) is 4.16. The van der Waals surface area contributed by atoms with Crippen molar-refractivity contribution in [3.8, 4) is 0 Å². The van der Waals surface area contributed by atoms with Crippen LogP contribution in [0.1, 0.15) is 36.3 Å². The highest BCUT2D eigenvalue weighted by atomic mass is 16.3. The molecule has 0 aromatic carbocycles. The van der Waals surface area contributed by atoms with Crippen LogP contribution in [0.3, 0.4) is 0 Å². The zero-order valence-electron chi connectivity index (χ0n) is 8.26.